The van der Waals surface area contributed by atoms with E-state index in [2.05, 4.69) is 29.0 Å². The Morgan fingerprint density at radius 2 is 1.66 bits per heavy atom. The fraction of sp³-hybridized carbons (Fsp3) is 0.667. The minimum Gasteiger partial charge on any atom is -0.378 e. The third-order valence-electron chi connectivity index (χ3n) is 5.63. The Morgan fingerprint density at radius 1 is 1.03 bits per heavy atom. The zero-order chi connectivity index (χ0) is 19.1. The average Bonchev–Trinajstić information content (AvgIpc) is 2.70. The minimum atomic E-state index is 0. The lowest BCUT2D eigenvalue weighted by Crippen LogP contribution is -2.43. The average molecular weight is 447 g/mol. The van der Waals surface area contributed by atoms with Crippen molar-refractivity contribution < 1.29 is 9.53 Å². The van der Waals surface area contributed by atoms with Crippen LogP contribution in [0.1, 0.15) is 35.2 Å². The van der Waals surface area contributed by atoms with Crippen LogP contribution >= 0.6 is 24.8 Å². The second-order valence-corrected chi connectivity index (χ2v) is 7.78. The first-order valence-corrected chi connectivity index (χ1v) is 10.3. The monoisotopic (exact) mass is 446 g/mol. The maximum atomic E-state index is 12.8. The van der Waals surface area contributed by atoms with Crippen molar-refractivity contribution in [1.82, 2.24) is 14.7 Å². The summed E-state index contributed by atoms with van der Waals surface area (Å²) in [6.07, 6.45) is 3.00. The third-order valence-corrected chi connectivity index (χ3v) is 5.63. The van der Waals surface area contributed by atoms with Gasteiger partial charge in [-0.05, 0) is 50.6 Å². The lowest BCUT2D eigenvalue weighted by molar-refractivity contribution is 0.00844. The summed E-state index contributed by atoms with van der Waals surface area (Å²) in [4.78, 5) is 19.6. The zero-order valence-corrected chi connectivity index (χ0v) is 19.1. The first kappa shape index (κ1) is 26.1. The van der Waals surface area contributed by atoms with Crippen LogP contribution < -0.4 is 5.73 Å². The molecule has 2 aliphatic heterocycles. The molecule has 0 aliphatic carbocycles. The highest BCUT2D eigenvalue weighted by Gasteiger charge is 2.24. The van der Waals surface area contributed by atoms with Gasteiger partial charge in [0, 0.05) is 58.0 Å². The molecule has 0 bridgehead atoms. The van der Waals surface area contributed by atoms with Gasteiger partial charge in [-0.15, -0.1) is 24.8 Å². The van der Waals surface area contributed by atoms with Gasteiger partial charge in [-0.3, -0.25) is 9.69 Å². The Bertz CT molecular complexity index is 587. The number of rotatable bonds is 7. The van der Waals surface area contributed by atoms with Gasteiger partial charge >= 0.3 is 0 Å². The smallest absolute Gasteiger partial charge is 0.253 e. The van der Waals surface area contributed by atoms with Gasteiger partial charge in [0.25, 0.3) is 5.91 Å². The number of nitrogens with zero attached hydrogens (tertiary/aromatic N) is 3. The summed E-state index contributed by atoms with van der Waals surface area (Å²) in [6.45, 7) is 8.38. The molecule has 8 heteroatoms. The molecule has 0 radical (unpaired) electrons. The summed E-state index contributed by atoms with van der Waals surface area (Å²) < 4.78 is 5.83. The van der Waals surface area contributed by atoms with Crippen molar-refractivity contribution >= 4 is 30.7 Å². The Balaban J connectivity index is 0.00000210. The van der Waals surface area contributed by atoms with E-state index in [1.165, 1.54) is 5.56 Å². The van der Waals surface area contributed by atoms with Crippen molar-refractivity contribution in [3.8, 4) is 0 Å². The molecule has 166 valence electrons. The van der Waals surface area contributed by atoms with Crippen LogP contribution in [0.25, 0.3) is 0 Å². The Labute approximate surface area is 187 Å². The molecule has 1 amide bonds. The number of ether oxygens (including phenoxy) is 1. The van der Waals surface area contributed by atoms with Crippen LogP contribution in [0.2, 0.25) is 0 Å². The van der Waals surface area contributed by atoms with Crippen molar-refractivity contribution in [1.29, 1.82) is 0 Å². The number of carbonyl (C=O) groups excluding carboxylic acids is 1. The summed E-state index contributed by atoms with van der Waals surface area (Å²) >= 11 is 0. The predicted octanol–water partition coefficient (Wildman–Crippen LogP) is 2.25. The first-order chi connectivity index (χ1) is 13.2. The quantitative estimate of drug-likeness (QED) is 0.650. The van der Waals surface area contributed by atoms with Gasteiger partial charge in [0.1, 0.15) is 0 Å². The molecule has 1 aromatic carbocycles. The maximum Gasteiger partial charge on any atom is 0.253 e. The van der Waals surface area contributed by atoms with Gasteiger partial charge in [0.05, 0.1) is 6.10 Å². The van der Waals surface area contributed by atoms with Crippen molar-refractivity contribution in [2.24, 2.45) is 5.73 Å². The number of halogens is 2. The Kier molecular flexibility index (Phi) is 12.1. The van der Waals surface area contributed by atoms with Crippen LogP contribution in [0.3, 0.4) is 0 Å². The van der Waals surface area contributed by atoms with Gasteiger partial charge < -0.3 is 20.3 Å². The van der Waals surface area contributed by atoms with E-state index in [1.807, 2.05) is 17.0 Å². The molecule has 29 heavy (non-hydrogen) atoms. The highest BCUT2D eigenvalue weighted by molar-refractivity contribution is 5.94. The number of likely N-dealkylation sites (tertiary alicyclic amines) is 1. The molecule has 2 fully saturated rings. The summed E-state index contributed by atoms with van der Waals surface area (Å²) in [5.41, 5.74) is 7.57. The van der Waals surface area contributed by atoms with E-state index in [9.17, 15) is 4.79 Å². The van der Waals surface area contributed by atoms with Gasteiger partial charge in [-0.2, -0.15) is 0 Å². The molecule has 3 rings (SSSR count). The number of hydrogen-bond donors (Lipinski definition) is 1. The highest BCUT2D eigenvalue weighted by Crippen LogP contribution is 2.17. The summed E-state index contributed by atoms with van der Waals surface area (Å²) in [5, 5.41) is 0. The number of piperazine rings is 1. The van der Waals surface area contributed by atoms with E-state index >= 15 is 0 Å². The first-order valence-electron chi connectivity index (χ1n) is 10.3. The molecule has 2 N–H and O–H groups in total. The molecule has 2 saturated heterocycles. The van der Waals surface area contributed by atoms with Crippen molar-refractivity contribution in [2.45, 2.75) is 31.9 Å². The van der Waals surface area contributed by atoms with Crippen LogP contribution in [0.4, 0.5) is 0 Å². The standard InChI is InChI=1S/C21H34N4O2.2ClH/c1-23-12-14-24(15-13-23)17-18-3-5-19(6-4-18)21(26)25-10-7-20(8-11-25)27-16-2-9-22;;/h3-6,20H,2,7-17,22H2,1H3;2*1H. The Hall–Kier alpha value is -0.890. The van der Waals surface area contributed by atoms with Crippen LogP contribution in [0.5, 0.6) is 0 Å². The highest BCUT2D eigenvalue weighted by atomic mass is 35.5. The largest absolute Gasteiger partial charge is 0.378 e. The molecule has 2 heterocycles. The molecule has 0 aromatic heterocycles. The number of nitrogens with two attached hydrogens (primary N) is 1. The van der Waals surface area contributed by atoms with Crippen LogP contribution in [-0.2, 0) is 11.3 Å². The van der Waals surface area contributed by atoms with Gasteiger partial charge in [0.15, 0.2) is 0 Å². The normalized spacial score (nSPS) is 18.8. The van der Waals surface area contributed by atoms with Gasteiger partial charge in [-0.1, -0.05) is 12.1 Å². The molecule has 0 spiro atoms. The lowest BCUT2D eigenvalue weighted by Gasteiger charge is -2.32. The topological polar surface area (TPSA) is 62.0 Å². The molecule has 0 atom stereocenters. The fourth-order valence-corrected chi connectivity index (χ4v) is 3.76. The number of carbonyl (C=O) groups is 1. The van der Waals surface area contributed by atoms with E-state index in [4.69, 9.17) is 10.5 Å². The Morgan fingerprint density at radius 3 is 2.24 bits per heavy atom. The number of likely N-dealkylation sites (N-methyl/N-ethyl adjacent to an activating group) is 1. The molecule has 2 aliphatic rings. The van der Waals surface area contributed by atoms with Crippen LogP contribution in [0, 0.1) is 0 Å². The third kappa shape index (κ3) is 8.04. The molecular formula is C21H36Cl2N4O2. The summed E-state index contributed by atoms with van der Waals surface area (Å²) in [6, 6.07) is 8.18. The van der Waals surface area contributed by atoms with Crippen molar-refractivity contribution in [3.05, 3.63) is 35.4 Å². The minimum absolute atomic E-state index is 0. The van der Waals surface area contributed by atoms with E-state index in [0.29, 0.717) is 6.54 Å². The number of hydrogen-bond acceptors (Lipinski definition) is 5. The molecule has 1 aromatic rings. The second-order valence-electron chi connectivity index (χ2n) is 7.78. The second kappa shape index (κ2) is 13.4. The van der Waals surface area contributed by atoms with Gasteiger partial charge in [-0.25, -0.2) is 0 Å². The lowest BCUT2D eigenvalue weighted by atomic mass is 10.1. The number of benzene rings is 1. The molecular weight excluding hydrogens is 411 g/mol. The fourth-order valence-electron chi connectivity index (χ4n) is 3.76. The molecule has 0 saturated carbocycles. The zero-order valence-electron chi connectivity index (χ0n) is 17.4. The van der Waals surface area contributed by atoms with Gasteiger partial charge in [0.2, 0.25) is 0 Å². The van der Waals surface area contributed by atoms with Crippen molar-refractivity contribution in [3.63, 3.8) is 0 Å². The van der Waals surface area contributed by atoms with E-state index in [0.717, 1.165) is 77.2 Å². The van der Waals surface area contributed by atoms with E-state index in [-0.39, 0.29) is 36.8 Å². The van der Waals surface area contributed by atoms with Crippen LogP contribution in [0.15, 0.2) is 24.3 Å². The van der Waals surface area contributed by atoms with Crippen LogP contribution in [-0.4, -0.2) is 86.2 Å². The van der Waals surface area contributed by atoms with E-state index in [1.54, 1.807) is 0 Å². The molecule has 0 unspecified atom stereocenters. The number of amides is 1. The predicted molar refractivity (Wildman–Crippen MR) is 122 cm³/mol. The summed E-state index contributed by atoms with van der Waals surface area (Å²) in [5.74, 6) is 0.140. The molecule has 6 nitrogen and oxygen atoms in total. The van der Waals surface area contributed by atoms with Crippen molar-refractivity contribution in [2.75, 3.05) is 59.5 Å². The SMILES string of the molecule is CN1CCN(Cc2ccc(C(=O)N3CCC(OCCCN)CC3)cc2)CC1.Cl.Cl. The maximum absolute atomic E-state index is 12.8. The number of piperidine rings is 1. The van der Waals surface area contributed by atoms with E-state index < -0.39 is 0 Å². The summed E-state index contributed by atoms with van der Waals surface area (Å²) in [7, 11) is 2.17.